The van der Waals surface area contributed by atoms with Gasteiger partial charge in [-0.2, -0.15) is 5.10 Å². The van der Waals surface area contributed by atoms with E-state index in [1.807, 2.05) is 48.3 Å². The maximum absolute atomic E-state index is 11.9. The molecule has 1 heterocycles. The summed E-state index contributed by atoms with van der Waals surface area (Å²) in [5.74, 6) is -0.0189. The highest BCUT2D eigenvalue weighted by molar-refractivity contribution is 6.02. The lowest BCUT2D eigenvalue weighted by Gasteiger charge is -2.10. The number of aromatic nitrogens is 3. The first-order valence-electron chi connectivity index (χ1n) is 8.48. The number of nitrogens with one attached hydrogen (secondary N) is 4. The molecule has 4 N–H and O–H groups in total. The Morgan fingerprint density at radius 1 is 1.25 bits per heavy atom. The fourth-order valence-electron chi connectivity index (χ4n) is 2.53. The number of carbonyl (C=O) groups excluding carboxylic acids is 1. The predicted molar refractivity (Wildman–Crippen MR) is 105 cm³/mol. The van der Waals surface area contributed by atoms with Gasteiger partial charge in [-0.3, -0.25) is 14.6 Å². The number of ether oxygens (including phenoxy) is 1. The molecule has 0 saturated heterocycles. The smallest absolute Gasteiger partial charge is 0.342 e. The van der Waals surface area contributed by atoms with Crippen LogP contribution >= 0.6 is 0 Å². The van der Waals surface area contributed by atoms with Crippen molar-refractivity contribution in [3.63, 3.8) is 0 Å². The van der Waals surface area contributed by atoms with Crippen molar-refractivity contribution in [1.82, 2.24) is 20.6 Å². The molecule has 0 bridgehead atoms. The first kappa shape index (κ1) is 18.8. The molecule has 3 rings (SSSR count). The summed E-state index contributed by atoms with van der Waals surface area (Å²) in [4.78, 5) is 36.3. The van der Waals surface area contributed by atoms with Crippen LogP contribution in [0.15, 0.2) is 51.1 Å². The number of hydrazone groups is 1. The molecular weight excluding hydrogens is 364 g/mol. The molecule has 0 aliphatic carbocycles. The Balaban J connectivity index is 1.70. The second-order valence-corrected chi connectivity index (χ2v) is 5.63. The molecular formula is C18H18N6O4. The summed E-state index contributed by atoms with van der Waals surface area (Å²) in [5.41, 5.74) is 1.65. The predicted octanol–water partition coefficient (Wildman–Crippen LogP) is 0.572. The van der Waals surface area contributed by atoms with Crippen molar-refractivity contribution in [3.8, 4) is 5.75 Å². The minimum atomic E-state index is -0.732. The zero-order valence-corrected chi connectivity index (χ0v) is 15.0. The summed E-state index contributed by atoms with van der Waals surface area (Å²) in [5, 5.41) is 14.0. The van der Waals surface area contributed by atoms with Crippen molar-refractivity contribution in [2.45, 2.75) is 6.92 Å². The summed E-state index contributed by atoms with van der Waals surface area (Å²) in [6.45, 7) is 2.12. The Labute approximate surface area is 158 Å². The third-order valence-electron chi connectivity index (χ3n) is 3.74. The van der Waals surface area contributed by atoms with Crippen molar-refractivity contribution >= 4 is 28.7 Å². The molecule has 0 spiro atoms. The summed E-state index contributed by atoms with van der Waals surface area (Å²) < 4.78 is 5.64. The normalized spacial score (nSPS) is 10.9. The molecule has 1 aromatic heterocycles. The molecule has 0 aliphatic rings. The number of nitrogens with zero attached hydrogens (tertiary/aromatic N) is 2. The monoisotopic (exact) mass is 382 g/mol. The molecule has 144 valence electrons. The highest BCUT2D eigenvalue weighted by Crippen LogP contribution is 2.26. The third-order valence-corrected chi connectivity index (χ3v) is 3.74. The topological polar surface area (TPSA) is 141 Å². The Kier molecular flexibility index (Phi) is 5.80. The highest BCUT2D eigenvalue weighted by Gasteiger charge is 2.08. The van der Waals surface area contributed by atoms with E-state index < -0.39 is 17.2 Å². The van der Waals surface area contributed by atoms with E-state index in [9.17, 15) is 14.4 Å². The number of anilines is 1. The average Bonchev–Trinajstić information content (AvgIpc) is 2.69. The van der Waals surface area contributed by atoms with Crippen molar-refractivity contribution in [2.75, 3.05) is 18.5 Å². The average molecular weight is 382 g/mol. The Morgan fingerprint density at radius 3 is 2.86 bits per heavy atom. The van der Waals surface area contributed by atoms with Gasteiger partial charge in [0, 0.05) is 5.56 Å². The fraction of sp³-hybridized carbons (Fsp3) is 0.167. The number of H-pyrrole nitrogens is 2. The molecule has 0 radical (unpaired) electrons. The van der Waals surface area contributed by atoms with Crippen LogP contribution in [0.3, 0.4) is 0 Å². The van der Waals surface area contributed by atoms with Gasteiger partial charge in [-0.25, -0.2) is 15.3 Å². The van der Waals surface area contributed by atoms with Gasteiger partial charge in [0.05, 0.1) is 19.4 Å². The van der Waals surface area contributed by atoms with Crippen molar-refractivity contribution in [1.29, 1.82) is 0 Å². The van der Waals surface area contributed by atoms with Crippen LogP contribution < -0.4 is 26.7 Å². The van der Waals surface area contributed by atoms with Gasteiger partial charge in [0.1, 0.15) is 5.75 Å². The maximum atomic E-state index is 11.9. The number of carbonyl (C=O) groups is 1. The number of fused-ring (bicyclic) bond motifs is 1. The molecule has 0 unspecified atom stereocenters. The van der Waals surface area contributed by atoms with Crippen LogP contribution in [0, 0.1) is 0 Å². The maximum Gasteiger partial charge on any atom is 0.342 e. The lowest BCUT2D eigenvalue weighted by Crippen LogP contribution is -2.31. The van der Waals surface area contributed by atoms with Gasteiger partial charge in [-0.1, -0.05) is 30.3 Å². The first-order valence-corrected chi connectivity index (χ1v) is 8.48. The summed E-state index contributed by atoms with van der Waals surface area (Å²) in [7, 11) is 0. The number of hydrogen-bond donors (Lipinski definition) is 4. The minimum absolute atomic E-state index is 0.175. The van der Waals surface area contributed by atoms with Crippen molar-refractivity contribution < 1.29 is 9.53 Å². The van der Waals surface area contributed by atoms with Crippen molar-refractivity contribution in [2.24, 2.45) is 5.10 Å². The number of rotatable bonds is 7. The van der Waals surface area contributed by atoms with Gasteiger partial charge < -0.3 is 10.1 Å². The van der Waals surface area contributed by atoms with E-state index in [4.69, 9.17) is 4.74 Å². The van der Waals surface area contributed by atoms with Gasteiger partial charge in [0.15, 0.2) is 0 Å². The molecule has 0 fully saturated rings. The Bertz CT molecular complexity index is 1130. The molecule has 2 aromatic carbocycles. The van der Waals surface area contributed by atoms with E-state index >= 15 is 0 Å². The number of amides is 1. The van der Waals surface area contributed by atoms with Crippen LogP contribution in [0.4, 0.5) is 5.82 Å². The fourth-order valence-corrected chi connectivity index (χ4v) is 2.53. The number of benzene rings is 2. The Morgan fingerprint density at radius 2 is 2.07 bits per heavy atom. The third kappa shape index (κ3) is 4.41. The minimum Gasteiger partial charge on any atom is -0.493 e. The van der Waals surface area contributed by atoms with Crippen molar-refractivity contribution in [3.05, 3.63) is 62.8 Å². The van der Waals surface area contributed by atoms with Gasteiger partial charge in [0.25, 0.3) is 11.5 Å². The Hall–Kier alpha value is -3.95. The lowest BCUT2D eigenvalue weighted by molar-refractivity contribution is -0.119. The second-order valence-electron chi connectivity index (χ2n) is 5.63. The summed E-state index contributed by atoms with van der Waals surface area (Å²) in [6, 6.07) is 11.6. The number of hydrogen-bond acceptors (Lipinski definition) is 7. The zero-order chi connectivity index (χ0) is 19.9. The van der Waals surface area contributed by atoms with E-state index in [1.54, 1.807) is 0 Å². The van der Waals surface area contributed by atoms with Crippen LogP contribution in [0.5, 0.6) is 5.75 Å². The quantitative estimate of drug-likeness (QED) is 0.348. The van der Waals surface area contributed by atoms with Crippen LogP contribution in [0.1, 0.15) is 12.5 Å². The zero-order valence-electron chi connectivity index (χ0n) is 15.0. The second kappa shape index (κ2) is 8.62. The SMILES string of the molecule is CCOc1ccc2ccccc2c1C=NNC(=O)CNc1n[nH]c(=O)[nH]c1=O. The van der Waals surface area contributed by atoms with E-state index in [2.05, 4.69) is 26.0 Å². The molecule has 1 amide bonds. The molecule has 28 heavy (non-hydrogen) atoms. The highest BCUT2D eigenvalue weighted by atomic mass is 16.5. The first-order chi connectivity index (χ1) is 13.6. The molecule has 10 nitrogen and oxygen atoms in total. The molecule has 0 atom stereocenters. The lowest BCUT2D eigenvalue weighted by atomic mass is 10.0. The number of aromatic amines is 2. The van der Waals surface area contributed by atoms with Gasteiger partial charge in [0.2, 0.25) is 5.82 Å². The van der Waals surface area contributed by atoms with Crippen LogP contribution in [-0.4, -0.2) is 40.5 Å². The van der Waals surface area contributed by atoms with E-state index in [0.29, 0.717) is 12.4 Å². The summed E-state index contributed by atoms with van der Waals surface area (Å²) in [6.07, 6.45) is 1.51. The molecule has 3 aromatic rings. The van der Waals surface area contributed by atoms with Crippen LogP contribution in [0.2, 0.25) is 0 Å². The molecule has 0 saturated carbocycles. The summed E-state index contributed by atoms with van der Waals surface area (Å²) >= 11 is 0. The van der Waals surface area contributed by atoms with Gasteiger partial charge in [-0.15, -0.1) is 5.10 Å². The molecule has 10 heteroatoms. The van der Waals surface area contributed by atoms with Crippen LogP contribution in [-0.2, 0) is 4.79 Å². The van der Waals surface area contributed by atoms with E-state index in [1.165, 1.54) is 6.21 Å². The molecule has 0 aliphatic heterocycles. The van der Waals surface area contributed by atoms with Crippen LogP contribution in [0.25, 0.3) is 10.8 Å². The van der Waals surface area contributed by atoms with E-state index in [-0.39, 0.29) is 12.4 Å². The van der Waals surface area contributed by atoms with E-state index in [0.717, 1.165) is 16.3 Å². The largest absolute Gasteiger partial charge is 0.493 e. The van der Waals surface area contributed by atoms with Gasteiger partial charge in [-0.05, 0) is 23.8 Å². The van der Waals surface area contributed by atoms with Gasteiger partial charge >= 0.3 is 5.69 Å². The standard InChI is InChI=1S/C18H18N6O4/c1-2-28-14-8-7-11-5-3-4-6-12(11)13(14)9-20-22-15(25)10-19-16-17(26)21-18(27)24-23-16/h3-9H,2,10H2,1H3,(H,19,23)(H,22,25)(H2,21,24,26,27).